The van der Waals surface area contributed by atoms with E-state index < -0.39 is 6.04 Å². The van der Waals surface area contributed by atoms with Gasteiger partial charge in [0.1, 0.15) is 6.04 Å². The van der Waals surface area contributed by atoms with Crippen molar-refractivity contribution in [2.24, 2.45) is 5.92 Å². The number of carbonyl (C=O) groups is 2. The third-order valence-electron chi connectivity index (χ3n) is 5.87. The number of rotatable bonds is 6. The second-order valence-electron chi connectivity index (χ2n) is 7.92. The van der Waals surface area contributed by atoms with Crippen LogP contribution in [0.4, 0.5) is 5.69 Å². The van der Waals surface area contributed by atoms with Gasteiger partial charge < -0.3 is 14.8 Å². The molecule has 0 saturated carbocycles. The van der Waals surface area contributed by atoms with E-state index in [4.69, 9.17) is 9.47 Å². The number of piperidine rings is 1. The first-order valence-electron chi connectivity index (χ1n) is 10.6. The van der Waals surface area contributed by atoms with Crippen LogP contribution < -0.4 is 5.32 Å². The van der Waals surface area contributed by atoms with E-state index in [2.05, 4.69) is 10.2 Å². The van der Waals surface area contributed by atoms with Gasteiger partial charge >= 0.3 is 0 Å². The lowest BCUT2D eigenvalue weighted by Gasteiger charge is -2.38. The zero-order chi connectivity index (χ0) is 20.9. The zero-order valence-electron chi connectivity index (χ0n) is 17.3. The van der Waals surface area contributed by atoms with Crippen LogP contribution in [0.2, 0.25) is 0 Å². The van der Waals surface area contributed by atoms with E-state index in [-0.39, 0.29) is 18.0 Å². The lowest BCUT2D eigenvalue weighted by Crippen LogP contribution is -2.44. The first-order valence-corrected chi connectivity index (χ1v) is 10.6. The predicted molar refractivity (Wildman–Crippen MR) is 114 cm³/mol. The molecule has 0 aromatic heterocycles. The molecule has 2 saturated heterocycles. The quantitative estimate of drug-likeness (QED) is 0.739. The summed E-state index contributed by atoms with van der Waals surface area (Å²) in [5.74, 6) is 0.258. The second-order valence-corrected chi connectivity index (χ2v) is 7.92. The van der Waals surface area contributed by atoms with Crippen LogP contribution in [0.15, 0.2) is 54.6 Å². The number of anilines is 1. The van der Waals surface area contributed by atoms with E-state index in [0.717, 1.165) is 31.5 Å². The zero-order valence-corrected chi connectivity index (χ0v) is 17.3. The number of likely N-dealkylation sites (tertiary alicyclic amines) is 1. The largest absolute Gasteiger partial charge is 0.350 e. The van der Waals surface area contributed by atoms with E-state index in [0.29, 0.717) is 30.4 Å². The Balaban J connectivity index is 1.50. The van der Waals surface area contributed by atoms with Crippen molar-refractivity contribution in [3.63, 3.8) is 0 Å². The van der Waals surface area contributed by atoms with E-state index in [9.17, 15) is 9.59 Å². The highest BCUT2D eigenvalue weighted by molar-refractivity contribution is 5.98. The normalized spacial score (nSPS) is 19.5. The molecule has 1 atom stereocenters. The average molecular weight is 408 g/mol. The van der Waals surface area contributed by atoms with Crippen LogP contribution in [0.1, 0.15) is 41.7 Å². The molecule has 30 heavy (non-hydrogen) atoms. The molecule has 2 fully saturated rings. The van der Waals surface area contributed by atoms with E-state index >= 15 is 0 Å². The number of amides is 1. The third-order valence-corrected chi connectivity index (χ3v) is 5.87. The highest BCUT2D eigenvalue weighted by atomic mass is 16.7. The first-order chi connectivity index (χ1) is 14.6. The standard InChI is InChI=1S/C24H28N2O4/c1-17(27)20-8-5-9-21(16-20)25-23(28)22(18-6-3-2-4-7-18)26-12-10-19(11-13-26)24-29-14-15-30-24/h2-9,16,19,22,24H,10-15H2,1H3,(H,25,28). The molecule has 0 aliphatic carbocycles. The molecule has 1 amide bonds. The molecule has 0 spiro atoms. The topological polar surface area (TPSA) is 67.9 Å². The Labute approximate surface area is 177 Å². The van der Waals surface area contributed by atoms with Gasteiger partial charge in [-0.15, -0.1) is 0 Å². The van der Waals surface area contributed by atoms with Gasteiger partial charge in [-0.25, -0.2) is 0 Å². The second kappa shape index (κ2) is 9.51. The van der Waals surface area contributed by atoms with Crippen LogP contribution in [0, 0.1) is 5.92 Å². The summed E-state index contributed by atoms with van der Waals surface area (Å²) in [5, 5.41) is 3.02. The molecule has 2 aliphatic heterocycles. The van der Waals surface area contributed by atoms with Crippen molar-refractivity contribution in [2.75, 3.05) is 31.6 Å². The molecule has 2 aromatic carbocycles. The van der Waals surface area contributed by atoms with Gasteiger partial charge in [-0.2, -0.15) is 0 Å². The summed E-state index contributed by atoms with van der Waals surface area (Å²) in [6, 6.07) is 16.5. The molecule has 4 rings (SSSR count). The number of benzene rings is 2. The Morgan fingerprint density at radius 2 is 1.70 bits per heavy atom. The molecule has 1 unspecified atom stereocenters. The monoisotopic (exact) mass is 408 g/mol. The minimum Gasteiger partial charge on any atom is -0.350 e. The fourth-order valence-corrected chi connectivity index (χ4v) is 4.29. The van der Waals surface area contributed by atoms with Crippen LogP contribution in [0.5, 0.6) is 0 Å². The number of Topliss-reactive ketones (excluding diaryl/α,β-unsaturated/α-hetero) is 1. The van der Waals surface area contributed by atoms with Crippen molar-refractivity contribution in [1.29, 1.82) is 0 Å². The van der Waals surface area contributed by atoms with Crippen molar-refractivity contribution >= 4 is 17.4 Å². The minimum absolute atomic E-state index is 0.0240. The number of nitrogens with zero attached hydrogens (tertiary/aromatic N) is 1. The molecule has 2 heterocycles. The van der Waals surface area contributed by atoms with Crippen LogP contribution in [0.25, 0.3) is 0 Å². The molecule has 0 bridgehead atoms. The van der Waals surface area contributed by atoms with Crippen molar-refractivity contribution in [1.82, 2.24) is 4.90 Å². The Morgan fingerprint density at radius 1 is 1.00 bits per heavy atom. The van der Waals surface area contributed by atoms with Crippen molar-refractivity contribution in [2.45, 2.75) is 32.1 Å². The Bertz CT molecular complexity index is 872. The Morgan fingerprint density at radius 3 is 2.37 bits per heavy atom. The summed E-state index contributed by atoms with van der Waals surface area (Å²) in [6.45, 7) is 4.46. The van der Waals surface area contributed by atoms with Gasteiger partial charge in [0.05, 0.1) is 13.2 Å². The van der Waals surface area contributed by atoms with Crippen molar-refractivity contribution in [3.05, 3.63) is 65.7 Å². The molecule has 158 valence electrons. The van der Waals surface area contributed by atoms with Crippen LogP contribution >= 0.6 is 0 Å². The molecule has 6 nitrogen and oxygen atoms in total. The predicted octanol–water partition coefficient (Wildman–Crippen LogP) is 3.65. The van der Waals surface area contributed by atoms with Crippen LogP contribution in [-0.2, 0) is 14.3 Å². The van der Waals surface area contributed by atoms with Gasteiger partial charge in [0.15, 0.2) is 12.1 Å². The molecular weight excluding hydrogens is 380 g/mol. The maximum atomic E-state index is 13.3. The smallest absolute Gasteiger partial charge is 0.246 e. The summed E-state index contributed by atoms with van der Waals surface area (Å²) >= 11 is 0. The number of carbonyl (C=O) groups excluding carboxylic acids is 2. The van der Waals surface area contributed by atoms with Gasteiger partial charge in [-0.3, -0.25) is 14.5 Å². The molecule has 1 N–H and O–H groups in total. The van der Waals surface area contributed by atoms with Crippen molar-refractivity contribution < 1.29 is 19.1 Å². The summed E-state index contributed by atoms with van der Waals surface area (Å²) in [4.78, 5) is 27.3. The van der Waals surface area contributed by atoms with Crippen molar-refractivity contribution in [3.8, 4) is 0 Å². The van der Waals surface area contributed by atoms with Gasteiger partial charge in [-0.1, -0.05) is 42.5 Å². The summed E-state index contributed by atoms with van der Waals surface area (Å²) in [6.07, 6.45) is 1.76. The lowest BCUT2D eigenvalue weighted by molar-refractivity contribution is -0.124. The average Bonchev–Trinajstić information content (AvgIpc) is 3.30. The third kappa shape index (κ3) is 4.78. The summed E-state index contributed by atoms with van der Waals surface area (Å²) in [5.41, 5.74) is 2.18. The molecule has 6 heteroatoms. The molecule has 2 aromatic rings. The van der Waals surface area contributed by atoms with E-state index in [1.807, 2.05) is 36.4 Å². The summed E-state index contributed by atoms with van der Waals surface area (Å²) < 4.78 is 11.4. The molecule has 2 aliphatic rings. The minimum atomic E-state index is -0.390. The van der Waals surface area contributed by atoms with Gasteiger partial charge in [0, 0.05) is 17.2 Å². The number of ketones is 1. The number of ether oxygens (including phenoxy) is 2. The van der Waals surface area contributed by atoms with Crippen LogP contribution in [-0.4, -0.2) is 49.2 Å². The van der Waals surface area contributed by atoms with Gasteiger partial charge in [0.25, 0.3) is 0 Å². The SMILES string of the molecule is CC(=O)c1cccc(NC(=O)C(c2ccccc2)N2CCC(C3OCCO3)CC2)c1. The van der Waals surface area contributed by atoms with Crippen LogP contribution in [0.3, 0.4) is 0 Å². The fourth-order valence-electron chi connectivity index (χ4n) is 4.29. The fraction of sp³-hybridized carbons (Fsp3) is 0.417. The Kier molecular flexibility index (Phi) is 6.57. The Hall–Kier alpha value is -2.54. The molecular formula is C24H28N2O4. The summed E-state index contributed by atoms with van der Waals surface area (Å²) in [7, 11) is 0. The maximum Gasteiger partial charge on any atom is 0.246 e. The number of nitrogens with one attached hydrogen (secondary N) is 1. The first kappa shape index (κ1) is 20.7. The lowest BCUT2D eigenvalue weighted by atomic mass is 9.93. The highest BCUT2D eigenvalue weighted by Crippen LogP contribution is 2.31. The molecule has 0 radical (unpaired) electrons. The highest BCUT2D eigenvalue weighted by Gasteiger charge is 2.35. The number of hydrogen-bond donors (Lipinski definition) is 1. The van der Waals surface area contributed by atoms with Gasteiger partial charge in [-0.05, 0) is 50.6 Å². The van der Waals surface area contributed by atoms with E-state index in [1.54, 1.807) is 18.2 Å². The van der Waals surface area contributed by atoms with Gasteiger partial charge in [0.2, 0.25) is 5.91 Å². The maximum absolute atomic E-state index is 13.3. The number of hydrogen-bond acceptors (Lipinski definition) is 5. The van der Waals surface area contributed by atoms with E-state index in [1.165, 1.54) is 6.92 Å².